The van der Waals surface area contributed by atoms with Gasteiger partial charge in [-0.3, -0.25) is 0 Å². The zero-order valence-electron chi connectivity index (χ0n) is 6.64. The molecule has 0 amide bonds. The second-order valence-electron chi connectivity index (χ2n) is 1.99. The highest BCUT2D eigenvalue weighted by Gasteiger charge is 2.14. The van der Waals surface area contributed by atoms with E-state index in [0.717, 1.165) is 4.73 Å². The number of carboxylic acids is 1. The highest BCUT2D eigenvalue weighted by molar-refractivity contribution is 5.86. The van der Waals surface area contributed by atoms with Crippen LogP contribution in [0.2, 0.25) is 0 Å². The lowest BCUT2D eigenvalue weighted by Gasteiger charge is -2.00. The summed E-state index contributed by atoms with van der Waals surface area (Å²) in [6.45, 7) is 1.61. The molecule has 1 aromatic heterocycles. The van der Waals surface area contributed by atoms with Crippen molar-refractivity contribution in [3.63, 3.8) is 0 Å². The van der Waals surface area contributed by atoms with Gasteiger partial charge in [0.25, 0.3) is 0 Å². The molecule has 0 aromatic carbocycles. The number of carboxylic acid groups (broad SMARTS) is 1. The standard InChI is InChI=1S/C6H8N2O3.ClH/c1-4-5(6(9)10)8(11-2)3-7-4;/h3H,1-2H3,(H,9,10);1H. The Morgan fingerprint density at radius 3 is 2.67 bits per heavy atom. The van der Waals surface area contributed by atoms with Crippen molar-refractivity contribution in [2.75, 3.05) is 7.11 Å². The van der Waals surface area contributed by atoms with Crippen LogP contribution in [0.5, 0.6) is 0 Å². The lowest BCUT2D eigenvalue weighted by atomic mass is 10.3. The van der Waals surface area contributed by atoms with Gasteiger partial charge in [0.1, 0.15) is 13.4 Å². The van der Waals surface area contributed by atoms with Gasteiger partial charge in [0.15, 0.2) is 5.69 Å². The van der Waals surface area contributed by atoms with Crippen molar-refractivity contribution in [1.29, 1.82) is 0 Å². The van der Waals surface area contributed by atoms with E-state index in [2.05, 4.69) is 4.98 Å². The highest BCUT2D eigenvalue weighted by atomic mass is 35.5. The molecule has 0 fully saturated rings. The van der Waals surface area contributed by atoms with E-state index in [1.807, 2.05) is 0 Å². The Kier molecular flexibility index (Phi) is 3.56. The Balaban J connectivity index is 0.00000121. The van der Waals surface area contributed by atoms with Crippen molar-refractivity contribution in [3.8, 4) is 0 Å². The molecule has 5 nitrogen and oxygen atoms in total. The Hall–Kier alpha value is -1.23. The van der Waals surface area contributed by atoms with E-state index in [9.17, 15) is 4.79 Å². The molecule has 1 N–H and O–H groups in total. The second kappa shape index (κ2) is 3.96. The molecule has 1 heterocycles. The number of hydrogen-bond donors (Lipinski definition) is 1. The van der Waals surface area contributed by atoms with Crippen LogP contribution in [0, 0.1) is 6.92 Å². The fraction of sp³-hybridized carbons (Fsp3) is 0.333. The molecule has 0 spiro atoms. The van der Waals surface area contributed by atoms with Gasteiger partial charge in [-0.15, -0.1) is 12.4 Å². The van der Waals surface area contributed by atoms with Crippen LogP contribution in [0.25, 0.3) is 0 Å². The summed E-state index contributed by atoms with van der Waals surface area (Å²) in [7, 11) is 1.38. The van der Waals surface area contributed by atoms with Crippen molar-refractivity contribution in [1.82, 2.24) is 9.71 Å². The minimum absolute atomic E-state index is 0. The molecule has 1 rings (SSSR count). The van der Waals surface area contributed by atoms with Crippen LogP contribution >= 0.6 is 12.4 Å². The number of aromatic carboxylic acids is 1. The largest absolute Gasteiger partial charge is 0.476 e. The third-order valence-electron chi connectivity index (χ3n) is 1.32. The molecule has 0 radical (unpaired) electrons. The van der Waals surface area contributed by atoms with Gasteiger partial charge < -0.3 is 9.94 Å². The van der Waals surface area contributed by atoms with Gasteiger partial charge in [0, 0.05) is 0 Å². The Morgan fingerprint density at radius 2 is 2.33 bits per heavy atom. The maximum Gasteiger partial charge on any atom is 0.357 e. The number of hydrogen-bond acceptors (Lipinski definition) is 3. The summed E-state index contributed by atoms with van der Waals surface area (Å²) in [6.07, 6.45) is 1.32. The monoisotopic (exact) mass is 192 g/mol. The topological polar surface area (TPSA) is 64.4 Å². The summed E-state index contributed by atoms with van der Waals surface area (Å²) in [4.78, 5) is 19.0. The number of aromatic nitrogens is 2. The molecular weight excluding hydrogens is 184 g/mol. The van der Waals surface area contributed by atoms with E-state index in [-0.39, 0.29) is 18.1 Å². The number of rotatable bonds is 2. The molecule has 0 aliphatic carbocycles. The number of halogens is 1. The molecule has 0 atom stereocenters. The van der Waals surface area contributed by atoms with E-state index < -0.39 is 5.97 Å². The van der Waals surface area contributed by atoms with E-state index >= 15 is 0 Å². The summed E-state index contributed by atoms with van der Waals surface area (Å²) in [5.74, 6) is -1.04. The summed E-state index contributed by atoms with van der Waals surface area (Å²) >= 11 is 0. The predicted octanol–water partition coefficient (Wildman–Crippen LogP) is 0.370. The predicted molar refractivity (Wildman–Crippen MR) is 43.7 cm³/mol. The Labute approximate surface area is 75.3 Å². The first kappa shape index (κ1) is 10.8. The molecule has 1 aromatic rings. The third-order valence-corrected chi connectivity index (χ3v) is 1.32. The van der Waals surface area contributed by atoms with Crippen molar-refractivity contribution in [2.45, 2.75) is 6.92 Å². The second-order valence-corrected chi connectivity index (χ2v) is 1.99. The minimum Gasteiger partial charge on any atom is -0.476 e. The quantitative estimate of drug-likeness (QED) is 0.736. The molecule has 12 heavy (non-hydrogen) atoms. The van der Waals surface area contributed by atoms with E-state index in [1.54, 1.807) is 6.92 Å². The first-order valence-electron chi connectivity index (χ1n) is 2.98. The van der Waals surface area contributed by atoms with Crippen LogP contribution < -0.4 is 4.84 Å². The molecule has 0 saturated heterocycles. The maximum absolute atomic E-state index is 10.5. The number of carbonyl (C=O) groups is 1. The lowest BCUT2D eigenvalue weighted by molar-refractivity contribution is 0.0638. The fourth-order valence-corrected chi connectivity index (χ4v) is 0.805. The summed E-state index contributed by atoms with van der Waals surface area (Å²) in [5, 5.41) is 8.63. The molecule has 0 aliphatic rings. The SMILES string of the molecule is COn1cnc(C)c1C(=O)O.Cl. The lowest BCUT2D eigenvalue weighted by Crippen LogP contribution is -2.13. The molecule has 0 unspecified atom stereocenters. The van der Waals surface area contributed by atoms with Crippen molar-refractivity contribution in [2.24, 2.45) is 0 Å². The zero-order chi connectivity index (χ0) is 8.43. The summed E-state index contributed by atoms with van der Waals surface area (Å²) in [6, 6.07) is 0. The number of nitrogens with zero attached hydrogens (tertiary/aromatic N) is 2. The highest BCUT2D eigenvalue weighted by Crippen LogP contribution is 2.03. The first-order chi connectivity index (χ1) is 5.16. The van der Waals surface area contributed by atoms with Gasteiger partial charge in [0.2, 0.25) is 0 Å². The van der Waals surface area contributed by atoms with Crippen molar-refractivity contribution < 1.29 is 14.7 Å². The summed E-state index contributed by atoms with van der Waals surface area (Å²) in [5.41, 5.74) is 0.506. The van der Waals surface area contributed by atoms with Crippen LogP contribution in [-0.2, 0) is 0 Å². The van der Waals surface area contributed by atoms with Crippen molar-refractivity contribution in [3.05, 3.63) is 17.7 Å². The van der Waals surface area contributed by atoms with E-state index in [4.69, 9.17) is 9.94 Å². The smallest absolute Gasteiger partial charge is 0.357 e. The van der Waals surface area contributed by atoms with Gasteiger partial charge in [-0.05, 0) is 6.92 Å². The van der Waals surface area contributed by atoms with Gasteiger partial charge in [0.05, 0.1) is 5.69 Å². The first-order valence-corrected chi connectivity index (χ1v) is 2.98. The van der Waals surface area contributed by atoms with Gasteiger partial charge in [-0.1, -0.05) is 0 Å². The third kappa shape index (κ3) is 1.68. The zero-order valence-corrected chi connectivity index (χ0v) is 7.46. The molecule has 0 saturated carbocycles. The van der Waals surface area contributed by atoms with Crippen LogP contribution in [0.1, 0.15) is 16.2 Å². The number of imidazole rings is 1. The molecular formula is C6H9ClN2O3. The Bertz CT molecular complexity index is 284. The van der Waals surface area contributed by atoms with Gasteiger partial charge >= 0.3 is 5.97 Å². The normalized spacial score (nSPS) is 8.83. The van der Waals surface area contributed by atoms with Crippen LogP contribution in [0.15, 0.2) is 6.33 Å². The molecule has 68 valence electrons. The average molecular weight is 193 g/mol. The molecule has 0 aliphatic heterocycles. The van der Waals surface area contributed by atoms with Gasteiger partial charge in [-0.2, -0.15) is 4.73 Å². The van der Waals surface area contributed by atoms with E-state index in [1.165, 1.54) is 13.4 Å². The Morgan fingerprint density at radius 1 is 1.75 bits per heavy atom. The van der Waals surface area contributed by atoms with Crippen LogP contribution in [0.3, 0.4) is 0 Å². The van der Waals surface area contributed by atoms with Crippen LogP contribution in [0.4, 0.5) is 0 Å². The van der Waals surface area contributed by atoms with E-state index in [0.29, 0.717) is 5.69 Å². The fourth-order valence-electron chi connectivity index (χ4n) is 0.805. The maximum atomic E-state index is 10.5. The average Bonchev–Trinajstić information content (AvgIpc) is 2.30. The number of aryl methyl sites for hydroxylation is 1. The minimum atomic E-state index is -1.04. The molecule has 0 bridgehead atoms. The summed E-state index contributed by atoms with van der Waals surface area (Å²) < 4.78 is 1.11. The van der Waals surface area contributed by atoms with Crippen molar-refractivity contribution >= 4 is 18.4 Å². The molecule has 6 heteroatoms. The van der Waals surface area contributed by atoms with Crippen LogP contribution in [-0.4, -0.2) is 27.9 Å². The van der Waals surface area contributed by atoms with Gasteiger partial charge in [-0.25, -0.2) is 9.78 Å².